The molecular weight excluding hydrogens is 262 g/mol. The van der Waals surface area contributed by atoms with Crippen LogP contribution in [-0.4, -0.2) is 29.1 Å². The van der Waals surface area contributed by atoms with Crippen molar-refractivity contribution >= 4 is 17.3 Å². The quantitative estimate of drug-likeness (QED) is 0.667. The molecule has 1 aliphatic rings. The lowest BCUT2D eigenvalue weighted by molar-refractivity contribution is -0.384. The molecule has 0 atom stereocenters. The molecule has 19 heavy (non-hydrogen) atoms. The Hall–Kier alpha value is -2.25. The van der Waals surface area contributed by atoms with Crippen molar-refractivity contribution in [3.05, 3.63) is 33.9 Å². The first-order valence-electron chi connectivity index (χ1n) is 5.49. The third kappa shape index (κ3) is 2.47. The number of halogens is 2. The average molecular weight is 272 g/mol. The van der Waals surface area contributed by atoms with E-state index < -0.39 is 33.9 Å². The van der Waals surface area contributed by atoms with E-state index in [1.54, 1.807) is 0 Å². The Morgan fingerprint density at radius 2 is 2.11 bits per heavy atom. The lowest BCUT2D eigenvalue weighted by Crippen LogP contribution is -2.48. The van der Waals surface area contributed by atoms with Gasteiger partial charge in [-0.05, 0) is 6.07 Å². The molecule has 6 nitrogen and oxygen atoms in total. The number of carboxylic acids is 1. The predicted octanol–water partition coefficient (Wildman–Crippen LogP) is 1.78. The van der Waals surface area contributed by atoms with Crippen molar-refractivity contribution in [1.82, 2.24) is 0 Å². The molecule has 0 aromatic heterocycles. The summed E-state index contributed by atoms with van der Waals surface area (Å²) in [5.41, 5.74) is -0.931. The van der Waals surface area contributed by atoms with Crippen LogP contribution in [0, 0.1) is 27.7 Å². The maximum Gasteiger partial charge on any atom is 0.303 e. The fourth-order valence-electron chi connectivity index (χ4n) is 2.11. The number of rotatable bonds is 4. The molecule has 2 rings (SSSR count). The molecule has 0 saturated carbocycles. The minimum Gasteiger partial charge on any atom is -0.481 e. The minimum atomic E-state index is -1.28. The van der Waals surface area contributed by atoms with E-state index in [4.69, 9.17) is 5.11 Å². The number of anilines is 1. The van der Waals surface area contributed by atoms with Crippen LogP contribution in [0.15, 0.2) is 12.1 Å². The molecule has 0 spiro atoms. The van der Waals surface area contributed by atoms with E-state index in [-0.39, 0.29) is 25.4 Å². The van der Waals surface area contributed by atoms with E-state index in [0.717, 1.165) is 6.07 Å². The highest BCUT2D eigenvalue weighted by atomic mass is 19.2. The highest BCUT2D eigenvalue weighted by molar-refractivity contribution is 5.69. The van der Waals surface area contributed by atoms with Crippen molar-refractivity contribution in [1.29, 1.82) is 0 Å². The van der Waals surface area contributed by atoms with Crippen molar-refractivity contribution < 1.29 is 23.6 Å². The van der Waals surface area contributed by atoms with Crippen LogP contribution < -0.4 is 4.90 Å². The monoisotopic (exact) mass is 272 g/mol. The fraction of sp³-hybridized carbons (Fsp3) is 0.364. The molecule has 0 aliphatic carbocycles. The second-order valence-corrected chi connectivity index (χ2v) is 4.36. The van der Waals surface area contributed by atoms with Gasteiger partial charge in [0.2, 0.25) is 0 Å². The zero-order valence-electron chi connectivity index (χ0n) is 9.68. The standard InChI is InChI=1S/C11H10F2N2O4/c12-7-1-2-8(15(18)19)11(10(7)13)14-4-6(5-14)3-9(16)17/h1-2,6H,3-5H2,(H,16,17). The van der Waals surface area contributed by atoms with Crippen LogP contribution in [0.2, 0.25) is 0 Å². The van der Waals surface area contributed by atoms with Crippen LogP contribution in [0.25, 0.3) is 0 Å². The largest absolute Gasteiger partial charge is 0.481 e. The zero-order valence-corrected chi connectivity index (χ0v) is 9.68. The summed E-state index contributed by atoms with van der Waals surface area (Å²) in [7, 11) is 0. The van der Waals surface area contributed by atoms with Gasteiger partial charge in [-0.2, -0.15) is 0 Å². The van der Waals surface area contributed by atoms with Crippen LogP contribution in [0.1, 0.15) is 6.42 Å². The Morgan fingerprint density at radius 3 is 2.63 bits per heavy atom. The summed E-state index contributed by atoms with van der Waals surface area (Å²) in [6, 6.07) is 1.60. The molecule has 0 unspecified atom stereocenters. The van der Waals surface area contributed by atoms with Gasteiger partial charge in [0, 0.05) is 25.1 Å². The smallest absolute Gasteiger partial charge is 0.303 e. The number of nitrogens with zero attached hydrogens (tertiary/aromatic N) is 2. The predicted molar refractivity (Wildman–Crippen MR) is 61.0 cm³/mol. The maximum absolute atomic E-state index is 13.6. The van der Waals surface area contributed by atoms with Gasteiger partial charge >= 0.3 is 5.97 Å². The Bertz CT molecular complexity index is 544. The number of nitro groups is 1. The van der Waals surface area contributed by atoms with Crippen molar-refractivity contribution in [3.63, 3.8) is 0 Å². The normalized spacial score (nSPS) is 15.2. The molecule has 0 radical (unpaired) electrons. The third-order valence-electron chi connectivity index (χ3n) is 2.98. The molecule has 8 heteroatoms. The molecule has 1 aromatic rings. The number of hydrogen-bond donors (Lipinski definition) is 1. The number of carboxylic acid groups (broad SMARTS) is 1. The van der Waals surface area contributed by atoms with E-state index >= 15 is 0 Å². The summed E-state index contributed by atoms with van der Waals surface area (Å²) in [6.45, 7) is 0.320. The van der Waals surface area contributed by atoms with Crippen molar-refractivity contribution in [2.45, 2.75) is 6.42 Å². The maximum atomic E-state index is 13.6. The van der Waals surface area contributed by atoms with Crippen LogP contribution in [0.4, 0.5) is 20.2 Å². The fourth-order valence-corrected chi connectivity index (χ4v) is 2.11. The number of nitro benzene ring substituents is 1. The molecular formula is C11H10F2N2O4. The van der Waals surface area contributed by atoms with E-state index in [1.165, 1.54) is 4.90 Å². The number of carbonyl (C=O) groups is 1. The lowest BCUT2D eigenvalue weighted by atomic mass is 9.95. The second kappa shape index (κ2) is 4.79. The summed E-state index contributed by atoms with van der Waals surface area (Å²) in [5, 5.41) is 19.4. The lowest BCUT2D eigenvalue weighted by Gasteiger charge is -2.40. The molecule has 0 bridgehead atoms. The molecule has 1 heterocycles. The number of aliphatic carboxylic acids is 1. The van der Waals surface area contributed by atoms with Gasteiger partial charge < -0.3 is 10.0 Å². The molecule has 102 valence electrons. The number of benzene rings is 1. The van der Waals surface area contributed by atoms with Gasteiger partial charge in [-0.3, -0.25) is 14.9 Å². The molecule has 1 N–H and O–H groups in total. The van der Waals surface area contributed by atoms with E-state index in [9.17, 15) is 23.7 Å². The summed E-state index contributed by atoms with van der Waals surface area (Å²) in [6.07, 6.45) is -0.0960. The van der Waals surface area contributed by atoms with Crippen LogP contribution in [0.3, 0.4) is 0 Å². The Labute approximate surface area is 106 Å². The van der Waals surface area contributed by atoms with Gasteiger partial charge in [0.1, 0.15) is 0 Å². The number of hydrogen-bond acceptors (Lipinski definition) is 4. The Kier molecular flexibility index (Phi) is 3.32. The minimum absolute atomic E-state index is 0.0960. The second-order valence-electron chi connectivity index (χ2n) is 4.36. The van der Waals surface area contributed by atoms with Crippen molar-refractivity contribution in [2.75, 3.05) is 18.0 Å². The molecule has 1 saturated heterocycles. The summed E-state index contributed by atoms with van der Waals surface area (Å²) >= 11 is 0. The molecule has 0 amide bonds. The third-order valence-corrected chi connectivity index (χ3v) is 2.98. The van der Waals surface area contributed by atoms with Gasteiger partial charge in [-0.1, -0.05) is 0 Å². The molecule has 1 fully saturated rings. The van der Waals surface area contributed by atoms with Crippen LogP contribution >= 0.6 is 0 Å². The van der Waals surface area contributed by atoms with Gasteiger partial charge in [0.05, 0.1) is 11.3 Å². The van der Waals surface area contributed by atoms with Crippen LogP contribution in [-0.2, 0) is 4.79 Å². The van der Waals surface area contributed by atoms with Gasteiger partial charge in [-0.15, -0.1) is 0 Å². The Balaban J connectivity index is 2.24. The summed E-state index contributed by atoms with van der Waals surface area (Å²) in [5.74, 6) is -3.64. The topological polar surface area (TPSA) is 83.7 Å². The average Bonchev–Trinajstić information content (AvgIpc) is 2.26. The van der Waals surface area contributed by atoms with Gasteiger partial charge in [-0.25, -0.2) is 8.78 Å². The Morgan fingerprint density at radius 1 is 1.47 bits per heavy atom. The van der Waals surface area contributed by atoms with E-state index in [1.807, 2.05) is 0 Å². The zero-order chi connectivity index (χ0) is 14.2. The summed E-state index contributed by atoms with van der Waals surface area (Å²) < 4.78 is 26.8. The van der Waals surface area contributed by atoms with E-state index in [2.05, 4.69) is 0 Å². The first-order chi connectivity index (χ1) is 8.90. The first kappa shape index (κ1) is 13.2. The highest BCUT2D eigenvalue weighted by Gasteiger charge is 2.35. The molecule has 1 aliphatic heterocycles. The molecule has 1 aromatic carbocycles. The van der Waals surface area contributed by atoms with Crippen molar-refractivity contribution in [3.8, 4) is 0 Å². The SMILES string of the molecule is O=C(O)CC1CN(c2c([N+](=O)[O-])ccc(F)c2F)C1. The summed E-state index contributed by atoms with van der Waals surface area (Å²) in [4.78, 5) is 21.8. The van der Waals surface area contributed by atoms with Crippen LogP contribution in [0.5, 0.6) is 0 Å². The van der Waals surface area contributed by atoms with E-state index in [0.29, 0.717) is 6.07 Å². The highest BCUT2D eigenvalue weighted by Crippen LogP contribution is 2.37. The first-order valence-corrected chi connectivity index (χ1v) is 5.49. The van der Waals surface area contributed by atoms with Crippen molar-refractivity contribution in [2.24, 2.45) is 5.92 Å². The van der Waals surface area contributed by atoms with Gasteiger partial charge in [0.15, 0.2) is 17.3 Å². The van der Waals surface area contributed by atoms with Gasteiger partial charge in [0.25, 0.3) is 5.69 Å².